The van der Waals surface area contributed by atoms with Crippen LogP contribution in [0, 0.1) is 12.7 Å². The average Bonchev–Trinajstić information content (AvgIpc) is 2.63. The molecule has 0 spiro atoms. The van der Waals surface area contributed by atoms with Crippen molar-refractivity contribution in [2.45, 2.75) is 26.4 Å². The van der Waals surface area contributed by atoms with Crippen molar-refractivity contribution in [3.8, 4) is 11.5 Å². The molecule has 2 N–H and O–H groups in total. The lowest BCUT2D eigenvalue weighted by atomic mass is 10.1. The second-order valence-corrected chi connectivity index (χ2v) is 5.73. The van der Waals surface area contributed by atoms with E-state index >= 15 is 0 Å². The van der Waals surface area contributed by atoms with Crippen molar-refractivity contribution in [2.75, 3.05) is 7.11 Å². The minimum absolute atomic E-state index is 0.0874. The number of carbonyl (C=O) groups excluding carboxylic acids is 2. The summed E-state index contributed by atoms with van der Waals surface area (Å²) >= 11 is 0. The summed E-state index contributed by atoms with van der Waals surface area (Å²) < 4.78 is 23.4. The minimum Gasteiger partial charge on any atom is -0.496 e. The molecular formula is C19H21FN2O4. The fraction of sp³-hybridized carbons (Fsp3) is 0.263. The molecule has 0 aromatic heterocycles. The van der Waals surface area contributed by atoms with Crippen LogP contribution >= 0.6 is 0 Å². The largest absolute Gasteiger partial charge is 0.496 e. The van der Waals surface area contributed by atoms with Crippen molar-refractivity contribution >= 4 is 11.8 Å². The van der Waals surface area contributed by atoms with Gasteiger partial charge in [-0.1, -0.05) is 12.1 Å². The van der Waals surface area contributed by atoms with Gasteiger partial charge in [0.25, 0.3) is 5.91 Å². The van der Waals surface area contributed by atoms with Crippen LogP contribution in [0.1, 0.15) is 18.1 Å². The number of ether oxygens (including phenoxy) is 2. The van der Waals surface area contributed by atoms with Crippen molar-refractivity contribution in [3.63, 3.8) is 0 Å². The molecule has 2 amide bonds. The second-order valence-electron chi connectivity index (χ2n) is 5.73. The van der Waals surface area contributed by atoms with Gasteiger partial charge in [-0.05, 0) is 55.3 Å². The molecule has 6 nitrogen and oxygen atoms in total. The molecule has 138 valence electrons. The summed E-state index contributed by atoms with van der Waals surface area (Å²) in [6.07, 6.45) is -0.773. The fourth-order valence-electron chi connectivity index (χ4n) is 2.21. The van der Waals surface area contributed by atoms with Crippen molar-refractivity contribution in [3.05, 3.63) is 59.4 Å². The number of halogens is 1. The number of benzene rings is 2. The van der Waals surface area contributed by atoms with E-state index in [1.807, 2.05) is 19.1 Å². The van der Waals surface area contributed by atoms with Crippen molar-refractivity contribution in [1.82, 2.24) is 10.9 Å². The first-order valence-electron chi connectivity index (χ1n) is 8.03. The predicted octanol–water partition coefficient (Wildman–Crippen LogP) is 2.30. The molecule has 0 fully saturated rings. The van der Waals surface area contributed by atoms with Crippen LogP contribution in [0.15, 0.2) is 42.5 Å². The molecule has 0 saturated carbocycles. The van der Waals surface area contributed by atoms with Crippen LogP contribution < -0.4 is 20.3 Å². The van der Waals surface area contributed by atoms with Crippen molar-refractivity contribution < 1.29 is 23.5 Å². The van der Waals surface area contributed by atoms with Crippen LogP contribution in [0.2, 0.25) is 0 Å². The maximum Gasteiger partial charge on any atom is 0.279 e. The van der Waals surface area contributed by atoms with Crippen LogP contribution in [0.25, 0.3) is 0 Å². The number of hydrazine groups is 1. The van der Waals surface area contributed by atoms with E-state index in [9.17, 15) is 14.0 Å². The Morgan fingerprint density at radius 3 is 2.46 bits per heavy atom. The lowest BCUT2D eigenvalue weighted by Gasteiger charge is -2.15. The van der Waals surface area contributed by atoms with Crippen LogP contribution in [-0.2, 0) is 16.0 Å². The summed E-state index contributed by atoms with van der Waals surface area (Å²) in [5, 5.41) is 0. The zero-order valence-electron chi connectivity index (χ0n) is 14.8. The number of amides is 2. The summed E-state index contributed by atoms with van der Waals surface area (Å²) in [7, 11) is 1.56. The summed E-state index contributed by atoms with van der Waals surface area (Å²) in [6.45, 7) is 3.43. The van der Waals surface area contributed by atoms with Gasteiger partial charge in [0.05, 0.1) is 13.5 Å². The Balaban J connectivity index is 1.82. The lowest BCUT2D eigenvalue weighted by molar-refractivity contribution is -0.132. The molecule has 0 aliphatic rings. The molecule has 0 aliphatic heterocycles. The van der Waals surface area contributed by atoms with Gasteiger partial charge in [-0.3, -0.25) is 20.4 Å². The summed E-state index contributed by atoms with van der Waals surface area (Å²) in [4.78, 5) is 23.9. The molecular weight excluding hydrogens is 339 g/mol. The Morgan fingerprint density at radius 2 is 1.81 bits per heavy atom. The average molecular weight is 360 g/mol. The number of hydrogen-bond acceptors (Lipinski definition) is 4. The van der Waals surface area contributed by atoms with E-state index in [2.05, 4.69) is 10.9 Å². The number of aryl methyl sites for hydroxylation is 1. The van der Waals surface area contributed by atoms with Gasteiger partial charge in [-0.15, -0.1) is 0 Å². The second kappa shape index (κ2) is 8.84. The van der Waals surface area contributed by atoms with Gasteiger partial charge in [0, 0.05) is 0 Å². The Morgan fingerprint density at radius 1 is 1.12 bits per heavy atom. The molecule has 7 heteroatoms. The summed E-state index contributed by atoms with van der Waals surface area (Å²) in [6, 6.07) is 10.8. The predicted molar refractivity (Wildman–Crippen MR) is 94.2 cm³/mol. The molecule has 0 bridgehead atoms. The van der Waals surface area contributed by atoms with E-state index in [0.29, 0.717) is 11.5 Å². The lowest BCUT2D eigenvalue weighted by Crippen LogP contribution is -2.47. The first-order valence-corrected chi connectivity index (χ1v) is 8.03. The molecule has 26 heavy (non-hydrogen) atoms. The van der Waals surface area contributed by atoms with Gasteiger partial charge < -0.3 is 9.47 Å². The van der Waals surface area contributed by atoms with Crippen molar-refractivity contribution in [1.29, 1.82) is 0 Å². The number of carbonyl (C=O) groups is 2. The quantitative estimate of drug-likeness (QED) is 0.775. The SMILES string of the molecule is COc1cc(CC(=O)NNC(=O)C(C)Oc2ccc(F)cc2)ccc1C. The van der Waals surface area contributed by atoms with E-state index in [0.717, 1.165) is 11.1 Å². The molecule has 2 aromatic carbocycles. The fourth-order valence-corrected chi connectivity index (χ4v) is 2.21. The van der Waals surface area contributed by atoms with Crippen LogP contribution in [0.5, 0.6) is 11.5 Å². The van der Waals surface area contributed by atoms with E-state index in [4.69, 9.17) is 9.47 Å². The monoisotopic (exact) mass is 360 g/mol. The normalized spacial score (nSPS) is 11.4. The summed E-state index contributed by atoms with van der Waals surface area (Å²) in [5.41, 5.74) is 6.37. The first kappa shape index (κ1) is 19.2. The van der Waals surface area contributed by atoms with E-state index < -0.39 is 17.8 Å². The van der Waals surface area contributed by atoms with Crippen molar-refractivity contribution in [2.24, 2.45) is 0 Å². The third-order valence-corrected chi connectivity index (χ3v) is 3.66. The third kappa shape index (κ3) is 5.47. The molecule has 2 rings (SSSR count). The minimum atomic E-state index is -0.861. The maximum atomic E-state index is 12.9. The Bertz CT molecular complexity index is 778. The number of nitrogens with one attached hydrogen (secondary N) is 2. The highest BCUT2D eigenvalue weighted by Crippen LogP contribution is 2.19. The van der Waals surface area contributed by atoms with Gasteiger partial charge in [0.2, 0.25) is 5.91 Å². The highest BCUT2D eigenvalue weighted by Gasteiger charge is 2.15. The Labute approximate surface area is 151 Å². The zero-order chi connectivity index (χ0) is 19.1. The smallest absolute Gasteiger partial charge is 0.279 e. The first-order chi connectivity index (χ1) is 12.4. The molecule has 0 saturated heterocycles. The van der Waals surface area contributed by atoms with Crippen LogP contribution in [0.4, 0.5) is 4.39 Å². The van der Waals surface area contributed by atoms with Gasteiger partial charge in [-0.25, -0.2) is 4.39 Å². The summed E-state index contributed by atoms with van der Waals surface area (Å²) in [5.74, 6) is -0.246. The highest BCUT2D eigenvalue weighted by atomic mass is 19.1. The van der Waals surface area contributed by atoms with Gasteiger partial charge in [0.1, 0.15) is 17.3 Å². The van der Waals surface area contributed by atoms with Crippen LogP contribution in [-0.4, -0.2) is 25.0 Å². The van der Waals surface area contributed by atoms with Crippen LogP contribution in [0.3, 0.4) is 0 Å². The standard InChI is InChI=1S/C19H21FN2O4/c1-12-4-5-14(10-17(12)25-3)11-18(23)21-22-19(24)13(2)26-16-8-6-15(20)7-9-16/h4-10,13H,11H2,1-3H3,(H,21,23)(H,22,24). The van der Waals surface area contributed by atoms with Gasteiger partial charge in [-0.2, -0.15) is 0 Å². The molecule has 0 aliphatic carbocycles. The Kier molecular flexibility index (Phi) is 6.54. The zero-order valence-corrected chi connectivity index (χ0v) is 14.8. The number of methoxy groups -OCH3 is 1. The van der Waals surface area contributed by atoms with E-state index in [1.54, 1.807) is 13.2 Å². The Hall–Kier alpha value is -3.09. The molecule has 0 radical (unpaired) electrons. The van der Waals surface area contributed by atoms with Gasteiger partial charge >= 0.3 is 0 Å². The molecule has 1 unspecified atom stereocenters. The molecule has 1 atom stereocenters. The van der Waals surface area contributed by atoms with Gasteiger partial charge in [0.15, 0.2) is 6.10 Å². The molecule has 2 aromatic rings. The number of hydrogen-bond donors (Lipinski definition) is 2. The van der Waals surface area contributed by atoms with E-state index in [-0.39, 0.29) is 12.3 Å². The topological polar surface area (TPSA) is 76.7 Å². The highest BCUT2D eigenvalue weighted by molar-refractivity contribution is 5.85. The number of rotatable bonds is 6. The molecule has 0 heterocycles. The third-order valence-electron chi connectivity index (χ3n) is 3.66. The maximum absolute atomic E-state index is 12.9. The van der Waals surface area contributed by atoms with E-state index in [1.165, 1.54) is 31.2 Å².